The van der Waals surface area contributed by atoms with Crippen molar-refractivity contribution >= 4 is 33.0 Å². The lowest BCUT2D eigenvalue weighted by molar-refractivity contribution is -0.137. The molecule has 170 valence electrons. The van der Waals surface area contributed by atoms with E-state index in [1.165, 1.54) is 17.0 Å². The van der Waals surface area contributed by atoms with E-state index < -0.39 is 17.2 Å². The van der Waals surface area contributed by atoms with E-state index >= 15 is 0 Å². The Kier molecular flexibility index (Phi) is 5.78. The normalized spacial score (nSPS) is 12.7. The SMILES string of the molecule is CC(C)(C)c1nc2ccc(Br)cc2c(=O)n1N=Cc1cccn1-c1cccc(C(F)(F)F)c1. The van der Waals surface area contributed by atoms with Crippen LogP contribution in [0.1, 0.15) is 37.9 Å². The molecule has 0 saturated heterocycles. The zero-order valence-electron chi connectivity index (χ0n) is 18.1. The van der Waals surface area contributed by atoms with Crippen molar-refractivity contribution in [3.8, 4) is 5.69 Å². The summed E-state index contributed by atoms with van der Waals surface area (Å²) in [5, 5.41) is 4.82. The second-order valence-electron chi connectivity index (χ2n) is 8.56. The predicted molar refractivity (Wildman–Crippen MR) is 126 cm³/mol. The molecule has 0 aliphatic carbocycles. The first-order chi connectivity index (χ1) is 15.4. The summed E-state index contributed by atoms with van der Waals surface area (Å²) in [6, 6.07) is 13.7. The van der Waals surface area contributed by atoms with E-state index in [1.807, 2.05) is 26.8 Å². The predicted octanol–water partition coefficient (Wildman–Crippen LogP) is 6.15. The molecule has 0 unspecified atom stereocenters. The van der Waals surface area contributed by atoms with Gasteiger partial charge in [-0.25, -0.2) is 4.98 Å². The number of aromatic nitrogens is 3. The first kappa shape index (κ1) is 23.0. The van der Waals surface area contributed by atoms with Gasteiger partial charge in [0.25, 0.3) is 5.56 Å². The molecule has 0 saturated carbocycles. The van der Waals surface area contributed by atoms with Crippen LogP contribution in [0, 0.1) is 0 Å². The highest BCUT2D eigenvalue weighted by Gasteiger charge is 2.30. The number of nitrogens with zero attached hydrogens (tertiary/aromatic N) is 4. The van der Waals surface area contributed by atoms with Crippen LogP contribution in [0.15, 0.2) is 75.2 Å². The van der Waals surface area contributed by atoms with Crippen LogP contribution >= 0.6 is 15.9 Å². The third-order valence-electron chi connectivity index (χ3n) is 5.02. The van der Waals surface area contributed by atoms with E-state index in [2.05, 4.69) is 26.0 Å². The maximum Gasteiger partial charge on any atom is 0.416 e. The average Bonchev–Trinajstić information content (AvgIpc) is 3.21. The van der Waals surface area contributed by atoms with Gasteiger partial charge in [0.1, 0.15) is 5.82 Å². The molecule has 0 radical (unpaired) electrons. The molecule has 0 aliphatic rings. The van der Waals surface area contributed by atoms with Crippen molar-refractivity contribution in [1.29, 1.82) is 0 Å². The van der Waals surface area contributed by atoms with Crippen molar-refractivity contribution in [1.82, 2.24) is 14.2 Å². The molecule has 0 aliphatic heterocycles. The fraction of sp³-hybridized carbons (Fsp3) is 0.208. The molecule has 0 N–H and O–H groups in total. The van der Waals surface area contributed by atoms with E-state index in [0.717, 1.165) is 16.6 Å². The molecule has 0 amide bonds. The van der Waals surface area contributed by atoms with E-state index in [0.29, 0.717) is 28.1 Å². The fourth-order valence-electron chi connectivity index (χ4n) is 3.42. The smallest absolute Gasteiger partial charge is 0.316 e. The van der Waals surface area contributed by atoms with Gasteiger partial charge < -0.3 is 4.57 Å². The Bertz CT molecular complexity index is 1430. The summed E-state index contributed by atoms with van der Waals surface area (Å²) in [6.45, 7) is 5.78. The zero-order chi connectivity index (χ0) is 24.0. The largest absolute Gasteiger partial charge is 0.416 e. The van der Waals surface area contributed by atoms with Crippen molar-refractivity contribution in [3.05, 3.63) is 92.7 Å². The first-order valence-electron chi connectivity index (χ1n) is 10.1. The molecule has 0 bridgehead atoms. The summed E-state index contributed by atoms with van der Waals surface area (Å²) in [6.07, 6.45) is -1.36. The summed E-state index contributed by atoms with van der Waals surface area (Å²) in [5.41, 5.74) is -0.157. The van der Waals surface area contributed by atoms with Gasteiger partial charge in [-0.05, 0) is 48.5 Å². The number of benzene rings is 2. The molecule has 2 aromatic carbocycles. The zero-order valence-corrected chi connectivity index (χ0v) is 19.6. The monoisotopic (exact) mass is 516 g/mol. The number of hydrogen-bond acceptors (Lipinski definition) is 3. The number of alkyl halides is 3. The van der Waals surface area contributed by atoms with Gasteiger partial charge in [-0.1, -0.05) is 42.8 Å². The number of hydrogen-bond donors (Lipinski definition) is 0. The van der Waals surface area contributed by atoms with E-state index in [9.17, 15) is 18.0 Å². The molecular formula is C24H20BrF3N4O. The summed E-state index contributed by atoms with van der Waals surface area (Å²) >= 11 is 3.38. The maximum absolute atomic E-state index is 13.3. The lowest BCUT2D eigenvalue weighted by Gasteiger charge is -2.21. The summed E-state index contributed by atoms with van der Waals surface area (Å²) in [4.78, 5) is 17.9. The minimum absolute atomic E-state index is 0.334. The molecule has 5 nitrogen and oxygen atoms in total. The molecule has 0 spiro atoms. The van der Waals surface area contributed by atoms with Gasteiger partial charge >= 0.3 is 6.18 Å². The Morgan fingerprint density at radius 3 is 2.48 bits per heavy atom. The Labute approximate surface area is 196 Å². The molecule has 4 rings (SSSR count). The Morgan fingerprint density at radius 2 is 1.79 bits per heavy atom. The van der Waals surface area contributed by atoms with Gasteiger partial charge in [0.05, 0.1) is 28.4 Å². The highest BCUT2D eigenvalue weighted by molar-refractivity contribution is 9.10. The second kappa shape index (κ2) is 8.30. The number of halogens is 4. The molecule has 0 fully saturated rings. The van der Waals surface area contributed by atoms with Gasteiger partial charge in [-0.2, -0.15) is 22.9 Å². The molecular weight excluding hydrogens is 497 g/mol. The third-order valence-corrected chi connectivity index (χ3v) is 5.51. The maximum atomic E-state index is 13.3. The second-order valence-corrected chi connectivity index (χ2v) is 9.48. The van der Waals surface area contributed by atoms with Crippen molar-refractivity contribution in [3.63, 3.8) is 0 Å². The average molecular weight is 517 g/mol. The summed E-state index contributed by atoms with van der Waals surface area (Å²) < 4.78 is 43.0. The van der Waals surface area contributed by atoms with Gasteiger partial charge in [-0.15, -0.1) is 0 Å². The van der Waals surface area contributed by atoms with Crippen molar-refractivity contribution in [2.75, 3.05) is 0 Å². The first-order valence-corrected chi connectivity index (χ1v) is 10.9. The Morgan fingerprint density at radius 1 is 1.03 bits per heavy atom. The van der Waals surface area contributed by atoms with Crippen LogP contribution in [0.5, 0.6) is 0 Å². The molecule has 2 heterocycles. The highest BCUT2D eigenvalue weighted by Crippen LogP contribution is 2.30. The van der Waals surface area contributed by atoms with Crippen molar-refractivity contribution in [2.45, 2.75) is 32.4 Å². The van der Waals surface area contributed by atoms with Crippen LogP contribution in [0.4, 0.5) is 13.2 Å². The van der Waals surface area contributed by atoms with Crippen LogP contribution in [-0.2, 0) is 11.6 Å². The van der Waals surface area contributed by atoms with E-state index in [1.54, 1.807) is 41.1 Å². The van der Waals surface area contributed by atoms with Crippen LogP contribution in [0.2, 0.25) is 0 Å². The van der Waals surface area contributed by atoms with Crippen LogP contribution in [0.3, 0.4) is 0 Å². The third kappa shape index (κ3) is 4.64. The van der Waals surface area contributed by atoms with Crippen LogP contribution in [0.25, 0.3) is 16.6 Å². The van der Waals surface area contributed by atoms with Gasteiger partial charge in [0, 0.05) is 21.8 Å². The molecule has 33 heavy (non-hydrogen) atoms. The Balaban J connectivity index is 1.84. The van der Waals surface area contributed by atoms with Crippen LogP contribution in [-0.4, -0.2) is 20.4 Å². The van der Waals surface area contributed by atoms with E-state index in [4.69, 9.17) is 0 Å². The van der Waals surface area contributed by atoms with Gasteiger partial charge in [-0.3, -0.25) is 4.79 Å². The summed E-state index contributed by atoms with van der Waals surface area (Å²) in [5.74, 6) is 0.468. The lowest BCUT2D eigenvalue weighted by atomic mass is 9.95. The molecule has 9 heteroatoms. The molecule has 4 aromatic rings. The molecule has 2 aromatic heterocycles. The van der Waals surface area contributed by atoms with Gasteiger partial charge in [0.2, 0.25) is 0 Å². The lowest BCUT2D eigenvalue weighted by Crippen LogP contribution is -2.29. The Hall–Kier alpha value is -3.20. The highest BCUT2D eigenvalue weighted by atomic mass is 79.9. The molecule has 0 atom stereocenters. The summed E-state index contributed by atoms with van der Waals surface area (Å²) in [7, 11) is 0. The minimum atomic E-state index is -4.45. The minimum Gasteiger partial charge on any atom is -0.316 e. The van der Waals surface area contributed by atoms with Crippen molar-refractivity contribution < 1.29 is 13.2 Å². The van der Waals surface area contributed by atoms with Gasteiger partial charge in [0.15, 0.2) is 0 Å². The fourth-order valence-corrected chi connectivity index (χ4v) is 3.79. The number of fused-ring (bicyclic) bond motifs is 1. The quantitative estimate of drug-likeness (QED) is 0.306. The van der Waals surface area contributed by atoms with E-state index in [-0.39, 0.29) is 5.56 Å². The van der Waals surface area contributed by atoms with Crippen LogP contribution < -0.4 is 5.56 Å². The standard InChI is InChI=1S/C24H20BrF3N4O/c1-23(2,3)22-30-20-10-9-16(25)13-19(20)21(33)32(22)29-14-18-8-5-11-31(18)17-7-4-6-15(12-17)24(26,27)28/h4-14H,1-3H3. The van der Waals surface area contributed by atoms with Crippen molar-refractivity contribution in [2.24, 2.45) is 5.10 Å². The number of rotatable bonds is 3. The topological polar surface area (TPSA) is 52.2 Å².